The van der Waals surface area contributed by atoms with Gasteiger partial charge >= 0.3 is 0 Å². The number of thioether (sulfide) groups is 1. The van der Waals surface area contributed by atoms with E-state index in [9.17, 15) is 4.79 Å². The molecule has 1 heterocycles. The van der Waals surface area contributed by atoms with Crippen LogP contribution in [0, 0.1) is 0 Å². The number of amides is 1. The quantitative estimate of drug-likeness (QED) is 0.800. The third-order valence-corrected chi connectivity index (χ3v) is 4.01. The summed E-state index contributed by atoms with van der Waals surface area (Å²) in [6, 6.07) is 6.14. The molecule has 0 aromatic heterocycles. The molecule has 1 aliphatic rings. The monoisotopic (exact) mass is 266 g/mol. The second-order valence-corrected chi connectivity index (χ2v) is 5.39. The lowest BCUT2D eigenvalue weighted by molar-refractivity contribution is -0.113. The number of benzene rings is 1. The van der Waals surface area contributed by atoms with E-state index in [2.05, 4.69) is 22.3 Å². The molecule has 18 heavy (non-hydrogen) atoms. The molecule has 0 saturated heterocycles. The summed E-state index contributed by atoms with van der Waals surface area (Å²) in [5.41, 5.74) is 2.00. The van der Waals surface area contributed by atoms with Gasteiger partial charge in [-0.2, -0.15) is 0 Å². The first-order chi connectivity index (χ1) is 8.70. The molecule has 0 fully saturated rings. The molecule has 0 radical (unpaired) electrons. The Balaban J connectivity index is 2.05. The molecule has 1 aromatic rings. The van der Waals surface area contributed by atoms with Gasteiger partial charge in [0.1, 0.15) is 0 Å². The van der Waals surface area contributed by atoms with E-state index in [1.54, 1.807) is 11.8 Å². The standard InChI is InChI=1S/C13H18N2O2S/c1-15(6-2-3-7-16)10-4-5-12-11(8-10)14-13(17)9-18-12/h4-5,8,16H,2-3,6-7,9H2,1H3,(H,14,17). The lowest BCUT2D eigenvalue weighted by atomic mass is 10.2. The largest absolute Gasteiger partial charge is 0.396 e. The predicted molar refractivity (Wildman–Crippen MR) is 75.4 cm³/mol. The van der Waals surface area contributed by atoms with Crippen molar-refractivity contribution < 1.29 is 9.90 Å². The number of aliphatic hydroxyl groups excluding tert-OH is 1. The van der Waals surface area contributed by atoms with Gasteiger partial charge < -0.3 is 15.3 Å². The van der Waals surface area contributed by atoms with Gasteiger partial charge in [-0.1, -0.05) is 0 Å². The first-order valence-corrected chi connectivity index (χ1v) is 7.08. The van der Waals surface area contributed by atoms with Crippen LogP contribution in [0.4, 0.5) is 11.4 Å². The van der Waals surface area contributed by atoms with Crippen molar-refractivity contribution in [2.45, 2.75) is 17.7 Å². The van der Waals surface area contributed by atoms with E-state index in [4.69, 9.17) is 5.11 Å². The number of nitrogens with zero attached hydrogens (tertiary/aromatic N) is 1. The zero-order valence-electron chi connectivity index (χ0n) is 10.5. The van der Waals surface area contributed by atoms with Gasteiger partial charge in [-0.05, 0) is 31.0 Å². The van der Waals surface area contributed by atoms with Crippen molar-refractivity contribution in [1.82, 2.24) is 0 Å². The summed E-state index contributed by atoms with van der Waals surface area (Å²) in [7, 11) is 2.02. The Kier molecular flexibility index (Phi) is 4.49. The first-order valence-electron chi connectivity index (χ1n) is 6.09. The summed E-state index contributed by atoms with van der Waals surface area (Å²) < 4.78 is 0. The number of aliphatic hydroxyl groups is 1. The van der Waals surface area contributed by atoms with Crippen LogP contribution in [0.5, 0.6) is 0 Å². The van der Waals surface area contributed by atoms with Crippen LogP contribution in [-0.2, 0) is 4.79 Å². The van der Waals surface area contributed by atoms with E-state index >= 15 is 0 Å². The van der Waals surface area contributed by atoms with Gasteiger partial charge in [0.15, 0.2) is 0 Å². The van der Waals surface area contributed by atoms with Crippen molar-refractivity contribution in [3.8, 4) is 0 Å². The van der Waals surface area contributed by atoms with Gasteiger partial charge in [0.2, 0.25) is 5.91 Å². The Labute approximate surface area is 111 Å². The second-order valence-electron chi connectivity index (χ2n) is 4.37. The highest BCUT2D eigenvalue weighted by Crippen LogP contribution is 2.34. The van der Waals surface area contributed by atoms with Crippen LogP contribution >= 0.6 is 11.8 Å². The van der Waals surface area contributed by atoms with Crippen LogP contribution in [0.25, 0.3) is 0 Å². The van der Waals surface area contributed by atoms with Crippen LogP contribution in [0.3, 0.4) is 0 Å². The smallest absolute Gasteiger partial charge is 0.234 e. The van der Waals surface area contributed by atoms with Gasteiger partial charge in [-0.25, -0.2) is 0 Å². The van der Waals surface area contributed by atoms with Crippen molar-refractivity contribution >= 4 is 29.0 Å². The Morgan fingerprint density at radius 2 is 2.28 bits per heavy atom. The maximum Gasteiger partial charge on any atom is 0.234 e. The van der Waals surface area contributed by atoms with E-state index in [0.29, 0.717) is 5.75 Å². The van der Waals surface area contributed by atoms with Gasteiger partial charge in [-0.15, -0.1) is 11.8 Å². The molecule has 5 heteroatoms. The topological polar surface area (TPSA) is 52.6 Å². The number of fused-ring (bicyclic) bond motifs is 1. The second kappa shape index (κ2) is 6.11. The number of rotatable bonds is 5. The summed E-state index contributed by atoms with van der Waals surface area (Å²) in [5, 5.41) is 11.7. The minimum atomic E-state index is 0.0626. The highest BCUT2D eigenvalue weighted by Gasteiger charge is 2.16. The van der Waals surface area contributed by atoms with E-state index < -0.39 is 0 Å². The molecule has 98 valence electrons. The lowest BCUT2D eigenvalue weighted by Gasteiger charge is -2.22. The Morgan fingerprint density at radius 3 is 3.06 bits per heavy atom. The van der Waals surface area contributed by atoms with Crippen molar-refractivity contribution in [3.63, 3.8) is 0 Å². The Morgan fingerprint density at radius 1 is 1.44 bits per heavy atom. The number of carbonyl (C=O) groups excluding carboxylic acids is 1. The highest BCUT2D eigenvalue weighted by atomic mass is 32.2. The van der Waals surface area contributed by atoms with Crippen molar-refractivity contribution in [1.29, 1.82) is 0 Å². The van der Waals surface area contributed by atoms with Gasteiger partial charge in [0.25, 0.3) is 0 Å². The van der Waals surface area contributed by atoms with Crippen molar-refractivity contribution in [2.24, 2.45) is 0 Å². The van der Waals surface area contributed by atoms with Crippen LogP contribution < -0.4 is 10.2 Å². The zero-order chi connectivity index (χ0) is 13.0. The normalized spacial score (nSPS) is 14.0. The minimum Gasteiger partial charge on any atom is -0.396 e. The molecule has 0 bridgehead atoms. The fourth-order valence-corrected chi connectivity index (χ4v) is 2.69. The van der Waals surface area contributed by atoms with Gasteiger partial charge in [0.05, 0.1) is 11.4 Å². The fraction of sp³-hybridized carbons (Fsp3) is 0.462. The molecule has 4 nitrogen and oxygen atoms in total. The van der Waals surface area contributed by atoms with Gasteiger partial charge in [0, 0.05) is 30.8 Å². The van der Waals surface area contributed by atoms with Crippen LogP contribution in [0.15, 0.2) is 23.1 Å². The number of anilines is 2. The molecule has 0 unspecified atom stereocenters. The van der Waals surface area contributed by atoms with Crippen LogP contribution in [0.2, 0.25) is 0 Å². The van der Waals surface area contributed by atoms with Crippen molar-refractivity contribution in [3.05, 3.63) is 18.2 Å². The summed E-state index contributed by atoms with van der Waals surface area (Å²) >= 11 is 1.58. The maximum absolute atomic E-state index is 11.3. The summed E-state index contributed by atoms with van der Waals surface area (Å²) in [4.78, 5) is 14.6. The molecule has 0 atom stereocenters. The fourth-order valence-electron chi connectivity index (χ4n) is 1.90. The Hall–Kier alpha value is -1.20. The van der Waals surface area contributed by atoms with E-state index in [1.807, 2.05) is 13.1 Å². The molecule has 1 aromatic carbocycles. The summed E-state index contributed by atoms with van der Waals surface area (Å²) in [6.07, 6.45) is 1.78. The molecule has 2 rings (SSSR count). The third kappa shape index (κ3) is 3.17. The van der Waals surface area contributed by atoms with Crippen molar-refractivity contribution in [2.75, 3.05) is 36.2 Å². The van der Waals surface area contributed by atoms with E-state index in [0.717, 1.165) is 35.7 Å². The number of hydrogen-bond acceptors (Lipinski definition) is 4. The minimum absolute atomic E-state index is 0.0626. The highest BCUT2D eigenvalue weighted by molar-refractivity contribution is 8.00. The molecular weight excluding hydrogens is 248 g/mol. The lowest BCUT2D eigenvalue weighted by Crippen LogP contribution is -2.21. The summed E-state index contributed by atoms with van der Waals surface area (Å²) in [5.74, 6) is 0.561. The third-order valence-electron chi connectivity index (χ3n) is 2.94. The first kappa shape index (κ1) is 13.2. The number of carbonyl (C=O) groups is 1. The SMILES string of the molecule is CN(CCCCO)c1ccc2c(c1)NC(=O)CS2. The molecule has 1 amide bonds. The van der Waals surface area contributed by atoms with Crippen LogP contribution in [0.1, 0.15) is 12.8 Å². The number of hydrogen-bond donors (Lipinski definition) is 2. The predicted octanol–water partition coefficient (Wildman–Crippen LogP) is 1.94. The van der Waals surface area contributed by atoms with Crippen LogP contribution in [-0.4, -0.2) is 37.0 Å². The van der Waals surface area contributed by atoms with E-state index in [1.165, 1.54) is 0 Å². The molecule has 0 aliphatic carbocycles. The number of nitrogens with one attached hydrogen (secondary N) is 1. The Bertz CT molecular complexity index is 437. The average molecular weight is 266 g/mol. The number of unbranched alkanes of at least 4 members (excludes halogenated alkanes) is 1. The van der Waals surface area contributed by atoms with E-state index in [-0.39, 0.29) is 12.5 Å². The molecule has 1 aliphatic heterocycles. The molecule has 0 spiro atoms. The molecular formula is C13H18N2O2S. The molecule has 2 N–H and O–H groups in total. The average Bonchev–Trinajstić information content (AvgIpc) is 2.38. The summed E-state index contributed by atoms with van der Waals surface area (Å²) in [6.45, 7) is 1.14. The maximum atomic E-state index is 11.3. The van der Waals surface area contributed by atoms with Gasteiger partial charge in [-0.3, -0.25) is 4.79 Å². The molecule has 0 saturated carbocycles. The zero-order valence-corrected chi connectivity index (χ0v) is 11.3.